The van der Waals surface area contributed by atoms with Gasteiger partial charge in [0, 0.05) is 23.4 Å². The Balaban J connectivity index is 1.70. The highest BCUT2D eigenvalue weighted by Crippen LogP contribution is 2.37. The van der Waals surface area contributed by atoms with Gasteiger partial charge in [0.15, 0.2) is 0 Å². The molecule has 0 radical (unpaired) electrons. The van der Waals surface area contributed by atoms with Gasteiger partial charge in [-0.25, -0.2) is 4.79 Å². The molecule has 0 fully saturated rings. The van der Waals surface area contributed by atoms with Crippen LogP contribution in [0.3, 0.4) is 0 Å². The van der Waals surface area contributed by atoms with Crippen molar-refractivity contribution < 1.29 is 9.15 Å². The van der Waals surface area contributed by atoms with Crippen molar-refractivity contribution in [3.05, 3.63) is 75.1 Å². The number of fused-ring (bicyclic) bond motifs is 2. The molecule has 0 saturated carbocycles. The second-order valence-electron chi connectivity index (χ2n) is 6.17. The molecule has 1 aliphatic rings. The summed E-state index contributed by atoms with van der Waals surface area (Å²) in [6.07, 6.45) is 2.04. The maximum Gasteiger partial charge on any atom is 0.336 e. The predicted octanol–water partition coefficient (Wildman–Crippen LogP) is 4.91. The molecule has 1 aromatic heterocycles. The van der Waals surface area contributed by atoms with Gasteiger partial charge in [-0.2, -0.15) is 0 Å². The molecule has 4 rings (SSSR count). The highest BCUT2D eigenvalue weighted by molar-refractivity contribution is 6.17. The number of benzene rings is 2. The third-order valence-corrected chi connectivity index (χ3v) is 4.96. The lowest BCUT2D eigenvalue weighted by atomic mass is 10.0. The van der Waals surface area contributed by atoms with Gasteiger partial charge in [-0.05, 0) is 54.2 Å². The number of hydrogen-bond acceptors (Lipinski definition) is 3. The fourth-order valence-corrected chi connectivity index (χ4v) is 3.70. The molecule has 1 heterocycles. The molecule has 0 spiro atoms. The first kappa shape index (κ1) is 15.3. The average Bonchev–Trinajstić information content (AvgIpc) is 2.98. The van der Waals surface area contributed by atoms with E-state index in [4.69, 9.17) is 20.8 Å². The van der Waals surface area contributed by atoms with Gasteiger partial charge in [0.1, 0.15) is 17.4 Å². The third-order valence-electron chi connectivity index (χ3n) is 4.67. The van der Waals surface area contributed by atoms with E-state index in [0.29, 0.717) is 11.3 Å². The van der Waals surface area contributed by atoms with Crippen molar-refractivity contribution in [2.75, 3.05) is 0 Å². The SMILES string of the molecule is Cc1cccc2c1CC[C@H]2Oc1ccc2c(CCl)cc(=O)oc2c1. The van der Waals surface area contributed by atoms with Gasteiger partial charge in [-0.15, -0.1) is 11.6 Å². The summed E-state index contributed by atoms with van der Waals surface area (Å²) < 4.78 is 11.5. The molecule has 0 saturated heterocycles. The fourth-order valence-electron chi connectivity index (χ4n) is 3.48. The van der Waals surface area contributed by atoms with Gasteiger partial charge in [-0.3, -0.25) is 0 Å². The zero-order valence-corrected chi connectivity index (χ0v) is 14.1. The van der Waals surface area contributed by atoms with Crippen molar-refractivity contribution in [3.63, 3.8) is 0 Å². The lowest BCUT2D eigenvalue weighted by molar-refractivity contribution is 0.207. The van der Waals surface area contributed by atoms with Gasteiger partial charge >= 0.3 is 5.63 Å². The average molecular weight is 341 g/mol. The molecule has 24 heavy (non-hydrogen) atoms. The zero-order chi connectivity index (χ0) is 16.7. The molecule has 2 aromatic carbocycles. The second-order valence-corrected chi connectivity index (χ2v) is 6.44. The first-order valence-corrected chi connectivity index (χ1v) is 8.57. The minimum Gasteiger partial charge on any atom is -0.486 e. The lowest BCUT2D eigenvalue weighted by Gasteiger charge is -2.16. The highest BCUT2D eigenvalue weighted by atomic mass is 35.5. The molecule has 3 nitrogen and oxygen atoms in total. The van der Waals surface area contributed by atoms with E-state index in [1.165, 1.54) is 22.8 Å². The van der Waals surface area contributed by atoms with Crippen molar-refractivity contribution in [1.82, 2.24) is 0 Å². The number of rotatable bonds is 3. The molecule has 0 unspecified atom stereocenters. The number of alkyl halides is 1. The van der Waals surface area contributed by atoms with Crippen molar-refractivity contribution >= 4 is 22.6 Å². The van der Waals surface area contributed by atoms with Gasteiger partial charge in [0.25, 0.3) is 0 Å². The van der Waals surface area contributed by atoms with E-state index in [1.54, 1.807) is 6.07 Å². The summed E-state index contributed by atoms with van der Waals surface area (Å²) in [6.45, 7) is 2.14. The van der Waals surface area contributed by atoms with Crippen molar-refractivity contribution in [3.8, 4) is 5.75 Å². The molecule has 1 aliphatic carbocycles. The third kappa shape index (κ3) is 2.59. The van der Waals surface area contributed by atoms with E-state index in [1.807, 2.05) is 12.1 Å². The highest BCUT2D eigenvalue weighted by Gasteiger charge is 2.25. The topological polar surface area (TPSA) is 39.4 Å². The van der Waals surface area contributed by atoms with Crippen LogP contribution in [0.4, 0.5) is 0 Å². The van der Waals surface area contributed by atoms with Gasteiger partial charge < -0.3 is 9.15 Å². The van der Waals surface area contributed by atoms with Gasteiger partial charge in [0.05, 0.1) is 0 Å². The minimum atomic E-state index is -0.392. The minimum absolute atomic E-state index is 0.0419. The van der Waals surface area contributed by atoms with Crippen molar-refractivity contribution in [2.24, 2.45) is 0 Å². The Labute approximate surface area is 144 Å². The van der Waals surface area contributed by atoms with Gasteiger partial charge in [-0.1, -0.05) is 18.2 Å². The van der Waals surface area contributed by atoms with Crippen LogP contribution in [-0.2, 0) is 12.3 Å². The van der Waals surface area contributed by atoms with Crippen LogP contribution < -0.4 is 10.4 Å². The maximum atomic E-state index is 11.7. The molecule has 0 aliphatic heterocycles. The molecule has 122 valence electrons. The van der Waals surface area contributed by atoms with Crippen molar-refractivity contribution in [2.45, 2.75) is 31.7 Å². The van der Waals surface area contributed by atoms with Crippen LogP contribution >= 0.6 is 11.6 Å². The van der Waals surface area contributed by atoms with Crippen LogP contribution in [-0.4, -0.2) is 0 Å². The normalized spacial score (nSPS) is 16.3. The van der Waals surface area contributed by atoms with Crippen LogP contribution in [0.15, 0.2) is 51.7 Å². The molecule has 1 atom stereocenters. The number of ether oxygens (including phenoxy) is 1. The summed E-state index contributed by atoms with van der Waals surface area (Å²) in [7, 11) is 0. The maximum absolute atomic E-state index is 11.7. The van der Waals surface area contributed by atoms with Crippen LogP contribution in [0.2, 0.25) is 0 Å². The Kier molecular flexibility index (Phi) is 3.81. The predicted molar refractivity (Wildman–Crippen MR) is 94.9 cm³/mol. The van der Waals surface area contributed by atoms with E-state index in [0.717, 1.165) is 23.8 Å². The van der Waals surface area contributed by atoms with Crippen LogP contribution in [0.25, 0.3) is 11.0 Å². The fraction of sp³-hybridized carbons (Fsp3) is 0.250. The lowest BCUT2D eigenvalue weighted by Crippen LogP contribution is -2.04. The molecule has 0 N–H and O–H groups in total. The van der Waals surface area contributed by atoms with E-state index >= 15 is 0 Å². The summed E-state index contributed by atoms with van der Waals surface area (Å²) in [4.78, 5) is 11.7. The van der Waals surface area contributed by atoms with Crippen LogP contribution in [0.5, 0.6) is 5.75 Å². The number of hydrogen-bond donors (Lipinski definition) is 0. The van der Waals surface area contributed by atoms with Crippen LogP contribution in [0.1, 0.15) is 34.8 Å². The zero-order valence-electron chi connectivity index (χ0n) is 13.3. The quantitative estimate of drug-likeness (QED) is 0.502. The Morgan fingerprint density at radius 1 is 1.25 bits per heavy atom. The van der Waals surface area contributed by atoms with E-state index < -0.39 is 5.63 Å². The molecule has 3 aromatic rings. The summed E-state index contributed by atoms with van der Waals surface area (Å²) in [6, 6.07) is 13.4. The van der Waals surface area contributed by atoms with E-state index in [2.05, 4.69) is 25.1 Å². The van der Waals surface area contributed by atoms with E-state index in [-0.39, 0.29) is 12.0 Å². The summed E-state index contributed by atoms with van der Waals surface area (Å²) in [5.74, 6) is 0.981. The Morgan fingerprint density at radius 3 is 2.96 bits per heavy atom. The summed E-state index contributed by atoms with van der Waals surface area (Å²) >= 11 is 5.91. The summed E-state index contributed by atoms with van der Waals surface area (Å²) in [5, 5.41) is 0.847. The summed E-state index contributed by atoms with van der Waals surface area (Å²) in [5.41, 5.74) is 4.85. The molecule has 4 heteroatoms. The standard InChI is InChI=1S/C20H17ClO3/c1-12-3-2-4-17-15(12)7-8-18(17)23-14-5-6-16-13(11-21)9-20(22)24-19(16)10-14/h2-6,9-10,18H,7-8,11H2,1H3/t18-/m1/s1. The van der Waals surface area contributed by atoms with Gasteiger partial charge in [0.2, 0.25) is 0 Å². The van der Waals surface area contributed by atoms with E-state index in [9.17, 15) is 4.79 Å². The Bertz CT molecular complexity index is 974. The van der Waals surface area contributed by atoms with Crippen molar-refractivity contribution in [1.29, 1.82) is 0 Å². The smallest absolute Gasteiger partial charge is 0.336 e. The molecule has 0 bridgehead atoms. The molecular formula is C20H17ClO3. The monoisotopic (exact) mass is 340 g/mol. The molecular weight excluding hydrogens is 324 g/mol. The first-order chi connectivity index (χ1) is 11.7. The molecule has 0 amide bonds. The first-order valence-electron chi connectivity index (χ1n) is 8.03. The largest absolute Gasteiger partial charge is 0.486 e. The second kappa shape index (κ2) is 5.99. The Morgan fingerprint density at radius 2 is 2.12 bits per heavy atom. The number of aryl methyl sites for hydroxylation is 1. The Hall–Kier alpha value is -2.26. The van der Waals surface area contributed by atoms with Crippen LogP contribution in [0, 0.1) is 6.92 Å². The number of halogens is 1.